The Hall–Kier alpha value is -2.67. The number of halogens is 1. The highest BCUT2D eigenvalue weighted by Gasteiger charge is 2.27. The topological polar surface area (TPSA) is 68.0 Å². The number of benzene rings is 2. The maximum absolute atomic E-state index is 13.1. The summed E-state index contributed by atoms with van der Waals surface area (Å²) < 4.78 is 19.0. The fourth-order valence-electron chi connectivity index (χ4n) is 3.53. The Kier molecular flexibility index (Phi) is 6.24. The second kappa shape index (κ2) is 9.22. The average Bonchev–Trinajstić information content (AvgIpc) is 3.24. The first-order valence-corrected chi connectivity index (χ1v) is 10.7. The third kappa shape index (κ3) is 5.03. The lowest BCUT2D eigenvalue weighted by atomic mass is 9.89. The summed E-state index contributed by atoms with van der Waals surface area (Å²) in [6.07, 6.45) is 5.76. The molecule has 1 fully saturated rings. The number of rotatable bonds is 6. The van der Waals surface area contributed by atoms with E-state index in [1.165, 1.54) is 55.3 Å². The molecule has 1 aromatic heterocycles. The van der Waals surface area contributed by atoms with Crippen LogP contribution >= 0.6 is 11.8 Å². The van der Waals surface area contributed by atoms with E-state index in [4.69, 9.17) is 4.42 Å². The van der Waals surface area contributed by atoms with E-state index in [2.05, 4.69) is 15.5 Å². The monoisotopic (exact) mass is 411 g/mol. The van der Waals surface area contributed by atoms with Crippen LogP contribution in [0.1, 0.15) is 54.7 Å². The Balaban J connectivity index is 1.52. The van der Waals surface area contributed by atoms with E-state index in [9.17, 15) is 9.18 Å². The van der Waals surface area contributed by atoms with Gasteiger partial charge in [-0.25, -0.2) is 4.39 Å². The number of carbonyl (C=O) groups excluding carboxylic acids is 1. The van der Waals surface area contributed by atoms with Crippen molar-refractivity contribution in [3.8, 4) is 0 Å². The summed E-state index contributed by atoms with van der Waals surface area (Å²) in [6.45, 7) is 0. The minimum Gasteiger partial charge on any atom is -0.416 e. The van der Waals surface area contributed by atoms with Crippen molar-refractivity contribution in [1.29, 1.82) is 0 Å². The van der Waals surface area contributed by atoms with E-state index >= 15 is 0 Å². The Labute approximate surface area is 173 Å². The van der Waals surface area contributed by atoms with Gasteiger partial charge < -0.3 is 9.73 Å². The van der Waals surface area contributed by atoms with Crippen molar-refractivity contribution in [3.05, 3.63) is 71.9 Å². The zero-order valence-corrected chi connectivity index (χ0v) is 16.7. The van der Waals surface area contributed by atoms with Gasteiger partial charge in [-0.3, -0.25) is 4.79 Å². The molecule has 1 aliphatic rings. The Bertz CT molecular complexity index is 940. The van der Waals surface area contributed by atoms with Crippen molar-refractivity contribution in [2.45, 2.75) is 48.5 Å². The van der Waals surface area contributed by atoms with Crippen LogP contribution in [0.5, 0.6) is 0 Å². The zero-order chi connectivity index (χ0) is 20.1. The molecule has 0 spiro atoms. The van der Waals surface area contributed by atoms with Crippen LogP contribution in [0.3, 0.4) is 0 Å². The quantitative estimate of drug-likeness (QED) is 0.525. The lowest BCUT2D eigenvalue weighted by Gasteiger charge is -2.17. The molecule has 150 valence electrons. The van der Waals surface area contributed by atoms with E-state index in [0.29, 0.717) is 22.7 Å². The zero-order valence-electron chi connectivity index (χ0n) is 15.9. The molecule has 0 bridgehead atoms. The molecule has 4 rings (SSSR count). The van der Waals surface area contributed by atoms with Crippen molar-refractivity contribution in [3.63, 3.8) is 0 Å². The minimum atomic E-state index is -0.569. The van der Waals surface area contributed by atoms with Gasteiger partial charge in [0.25, 0.3) is 5.22 Å². The van der Waals surface area contributed by atoms with E-state index < -0.39 is 5.25 Å². The highest BCUT2D eigenvalue weighted by molar-refractivity contribution is 8.00. The third-order valence-electron chi connectivity index (χ3n) is 5.05. The summed E-state index contributed by atoms with van der Waals surface area (Å²) in [5.41, 5.74) is 1.36. The number of nitrogens with zero attached hydrogens (tertiary/aromatic N) is 2. The first-order valence-electron chi connectivity index (χ1n) is 9.80. The molecule has 2 aromatic carbocycles. The number of thioether (sulfide) groups is 1. The van der Waals surface area contributed by atoms with Gasteiger partial charge in [0.05, 0.1) is 0 Å². The molecule has 1 amide bonds. The lowest BCUT2D eigenvalue weighted by molar-refractivity contribution is -0.115. The number of carbonyl (C=O) groups is 1. The number of amides is 1. The summed E-state index contributed by atoms with van der Waals surface area (Å²) in [6, 6.07) is 15.1. The fourth-order valence-corrected chi connectivity index (χ4v) is 4.41. The summed E-state index contributed by atoms with van der Waals surface area (Å²) in [5.74, 6) is 0.398. The highest BCUT2D eigenvalue weighted by Crippen LogP contribution is 2.38. The smallest absolute Gasteiger partial charge is 0.277 e. The van der Waals surface area contributed by atoms with Crippen molar-refractivity contribution < 1.29 is 13.6 Å². The normalized spacial score (nSPS) is 15.8. The largest absolute Gasteiger partial charge is 0.416 e. The van der Waals surface area contributed by atoms with Crippen LogP contribution in [0.15, 0.2) is 64.2 Å². The van der Waals surface area contributed by atoms with Crippen LogP contribution < -0.4 is 5.32 Å². The first-order chi connectivity index (χ1) is 14.2. The van der Waals surface area contributed by atoms with Gasteiger partial charge in [-0.1, -0.05) is 49.6 Å². The maximum Gasteiger partial charge on any atom is 0.277 e. The molecule has 3 aromatic rings. The second-order valence-electron chi connectivity index (χ2n) is 7.15. The van der Waals surface area contributed by atoms with Crippen molar-refractivity contribution in [2.75, 3.05) is 5.32 Å². The number of anilines is 1. The molecule has 0 aliphatic heterocycles. The number of hydrogen-bond acceptors (Lipinski definition) is 5. The van der Waals surface area contributed by atoms with E-state index in [1.54, 1.807) is 0 Å². The van der Waals surface area contributed by atoms with Gasteiger partial charge in [-0.05, 0) is 54.4 Å². The van der Waals surface area contributed by atoms with Crippen molar-refractivity contribution >= 4 is 23.4 Å². The molecule has 0 radical (unpaired) electrons. The van der Waals surface area contributed by atoms with Crippen LogP contribution in [0, 0.1) is 5.82 Å². The molecule has 0 saturated heterocycles. The van der Waals surface area contributed by atoms with Gasteiger partial charge in [0.2, 0.25) is 11.8 Å². The molecule has 1 atom stereocenters. The van der Waals surface area contributed by atoms with Crippen molar-refractivity contribution in [1.82, 2.24) is 10.2 Å². The van der Waals surface area contributed by atoms with E-state index in [-0.39, 0.29) is 11.7 Å². The van der Waals surface area contributed by atoms with Gasteiger partial charge in [-0.2, -0.15) is 0 Å². The lowest BCUT2D eigenvalue weighted by Crippen LogP contribution is -2.19. The third-order valence-corrected chi connectivity index (χ3v) is 6.14. The maximum atomic E-state index is 13.1. The Morgan fingerprint density at radius 1 is 1.03 bits per heavy atom. The summed E-state index contributed by atoms with van der Waals surface area (Å²) in [7, 11) is 0. The highest BCUT2D eigenvalue weighted by atomic mass is 32.2. The molecular formula is C22H22FN3O2S. The molecule has 1 saturated carbocycles. The van der Waals surface area contributed by atoms with E-state index in [0.717, 1.165) is 18.4 Å². The van der Waals surface area contributed by atoms with Crippen LogP contribution in [0.25, 0.3) is 0 Å². The predicted octanol–water partition coefficient (Wildman–Crippen LogP) is 5.73. The van der Waals surface area contributed by atoms with Crippen LogP contribution in [-0.4, -0.2) is 16.1 Å². The minimum absolute atomic E-state index is 0.231. The van der Waals surface area contributed by atoms with Gasteiger partial charge in [0, 0.05) is 11.6 Å². The average molecular weight is 412 g/mol. The second-order valence-corrected chi connectivity index (χ2v) is 8.20. The fraction of sp³-hybridized carbons (Fsp3) is 0.318. The summed E-state index contributed by atoms with van der Waals surface area (Å²) >= 11 is 1.23. The standard InChI is InChI=1S/C22H22FN3O2S/c23-17-11-13-18(14-12-17)24-20(27)19(15-7-3-1-4-8-15)29-22-26-25-21(28-22)16-9-5-2-6-10-16/h1,3-4,7-8,11-14,16,19H,2,5-6,9-10H2,(H,24,27)/t19-/m1/s1. The van der Waals surface area contributed by atoms with Crippen LogP contribution in [-0.2, 0) is 4.79 Å². The number of hydrogen-bond donors (Lipinski definition) is 1. The molecule has 0 unspecified atom stereocenters. The molecule has 5 nitrogen and oxygen atoms in total. The molecule has 29 heavy (non-hydrogen) atoms. The van der Waals surface area contributed by atoms with Crippen molar-refractivity contribution in [2.24, 2.45) is 0 Å². The number of aromatic nitrogens is 2. The molecule has 1 N–H and O–H groups in total. The molecular weight excluding hydrogens is 389 g/mol. The Morgan fingerprint density at radius 3 is 2.48 bits per heavy atom. The SMILES string of the molecule is O=C(Nc1ccc(F)cc1)[C@H](Sc1nnc(C2CCCCC2)o1)c1ccccc1. The number of nitrogens with one attached hydrogen (secondary N) is 1. The van der Waals surface area contributed by atoms with Gasteiger partial charge in [-0.15, -0.1) is 10.2 Å². The molecule has 7 heteroatoms. The van der Waals surface area contributed by atoms with Crippen LogP contribution in [0.2, 0.25) is 0 Å². The molecule has 1 aliphatic carbocycles. The van der Waals surface area contributed by atoms with Gasteiger partial charge in [0.1, 0.15) is 11.1 Å². The molecule has 1 heterocycles. The van der Waals surface area contributed by atoms with Gasteiger partial charge in [0.15, 0.2) is 0 Å². The predicted molar refractivity (Wildman–Crippen MR) is 110 cm³/mol. The van der Waals surface area contributed by atoms with E-state index in [1.807, 2.05) is 30.3 Å². The van der Waals surface area contributed by atoms with Crippen LogP contribution in [0.4, 0.5) is 10.1 Å². The summed E-state index contributed by atoms with van der Waals surface area (Å²) in [5, 5.41) is 11.1. The van der Waals surface area contributed by atoms with Gasteiger partial charge >= 0.3 is 0 Å². The summed E-state index contributed by atoms with van der Waals surface area (Å²) in [4.78, 5) is 13.0. The Morgan fingerprint density at radius 2 is 1.76 bits per heavy atom. The first kappa shape index (κ1) is 19.6.